The molecule has 0 aliphatic carbocycles. The Labute approximate surface area is 90.0 Å². The van der Waals surface area contributed by atoms with Gasteiger partial charge in [0.1, 0.15) is 0 Å². The van der Waals surface area contributed by atoms with Crippen LogP contribution < -0.4 is 16.8 Å². The van der Waals surface area contributed by atoms with Crippen molar-refractivity contribution in [2.45, 2.75) is 25.3 Å². The summed E-state index contributed by atoms with van der Waals surface area (Å²) in [5.74, 6) is -0.464. The minimum absolute atomic E-state index is 0.146. The first-order valence-electron chi connectivity index (χ1n) is 5.12. The highest BCUT2D eigenvalue weighted by atomic mass is 16.5. The van der Waals surface area contributed by atoms with Crippen LogP contribution in [0.4, 0.5) is 0 Å². The molecule has 0 aliphatic rings. The average molecular weight is 219 g/mol. The van der Waals surface area contributed by atoms with E-state index < -0.39 is 11.9 Å². The molecule has 6 heteroatoms. The molecule has 0 spiro atoms. The molecule has 15 heavy (non-hydrogen) atoms. The van der Waals surface area contributed by atoms with Gasteiger partial charge in [-0.3, -0.25) is 10.1 Å². The molecule has 0 aromatic carbocycles. The lowest BCUT2D eigenvalue weighted by atomic mass is 10.1. The van der Waals surface area contributed by atoms with Gasteiger partial charge in [-0.2, -0.15) is 0 Å². The predicted octanol–water partition coefficient (Wildman–Crippen LogP) is -1.47. The second-order valence-corrected chi connectivity index (χ2v) is 3.28. The fourth-order valence-corrected chi connectivity index (χ4v) is 0.972. The van der Waals surface area contributed by atoms with Gasteiger partial charge in [-0.25, -0.2) is 0 Å². The van der Waals surface area contributed by atoms with Crippen LogP contribution in [0, 0.1) is 0 Å². The smallest absolute Gasteiger partial charge is 0.234 e. The molecule has 6 nitrogen and oxygen atoms in total. The lowest BCUT2D eigenvalue weighted by Gasteiger charge is -2.08. The maximum atomic E-state index is 10.6. The van der Waals surface area contributed by atoms with Gasteiger partial charge >= 0.3 is 0 Å². The molecule has 0 aromatic rings. The number of nitrogens with one attached hydrogen (secondary N) is 1. The number of ether oxygens (including phenoxy) is 1. The lowest BCUT2D eigenvalue weighted by molar-refractivity contribution is -0.119. The number of hydrogen-bond donors (Lipinski definition) is 4. The Hall–Kier alpha value is -0.690. The fourth-order valence-electron chi connectivity index (χ4n) is 0.972. The van der Waals surface area contributed by atoms with Crippen LogP contribution in [0.5, 0.6) is 0 Å². The van der Waals surface area contributed by atoms with Crippen LogP contribution in [-0.4, -0.2) is 43.5 Å². The van der Waals surface area contributed by atoms with Gasteiger partial charge in [0, 0.05) is 6.61 Å². The Bertz CT molecular complexity index is 167. The zero-order valence-corrected chi connectivity index (χ0v) is 8.95. The van der Waals surface area contributed by atoms with E-state index in [0.29, 0.717) is 26.2 Å². The highest BCUT2D eigenvalue weighted by Gasteiger charge is 2.07. The first kappa shape index (κ1) is 14.3. The number of aliphatic hydroxyl groups is 1. The van der Waals surface area contributed by atoms with Crippen molar-refractivity contribution in [3.63, 3.8) is 0 Å². The first-order valence-corrected chi connectivity index (χ1v) is 5.12. The number of amides is 1. The molecule has 6 N–H and O–H groups in total. The Morgan fingerprint density at radius 1 is 1.47 bits per heavy atom. The molecule has 0 heterocycles. The molecule has 1 atom stereocenters. The van der Waals surface area contributed by atoms with Gasteiger partial charge in [-0.1, -0.05) is 0 Å². The second-order valence-electron chi connectivity index (χ2n) is 3.28. The molecule has 0 aromatic heterocycles. The van der Waals surface area contributed by atoms with Crippen LogP contribution in [0.25, 0.3) is 0 Å². The molecule has 0 saturated heterocycles. The minimum atomic E-state index is -0.554. The number of carbonyl (C=O) groups is 1. The van der Waals surface area contributed by atoms with Crippen molar-refractivity contribution in [2.24, 2.45) is 11.5 Å². The third-order valence-electron chi connectivity index (χ3n) is 1.89. The quantitative estimate of drug-likeness (QED) is 0.265. The summed E-state index contributed by atoms with van der Waals surface area (Å²) in [6.07, 6.45) is 2.01. The lowest BCUT2D eigenvalue weighted by Crippen LogP contribution is -2.36. The average Bonchev–Trinajstić information content (AvgIpc) is 2.21. The highest BCUT2D eigenvalue weighted by molar-refractivity contribution is 5.79. The maximum Gasteiger partial charge on any atom is 0.234 e. The molecule has 0 fully saturated rings. The third kappa shape index (κ3) is 9.61. The summed E-state index contributed by atoms with van der Waals surface area (Å²) in [7, 11) is 0. The summed E-state index contributed by atoms with van der Waals surface area (Å²) in [4.78, 5) is 10.6. The van der Waals surface area contributed by atoms with Gasteiger partial charge < -0.3 is 21.3 Å². The molecule has 0 bridgehead atoms. The molecule has 1 unspecified atom stereocenters. The van der Waals surface area contributed by atoms with E-state index in [0.717, 1.165) is 13.0 Å². The minimum Gasteiger partial charge on any atom is -0.396 e. The van der Waals surface area contributed by atoms with E-state index in [4.69, 9.17) is 21.3 Å². The number of rotatable bonds is 10. The molecule has 0 aliphatic heterocycles. The SMILES string of the molecule is NC(=O)C(N)CCCNCOCCCO. The zero-order chi connectivity index (χ0) is 11.5. The molecule has 1 amide bonds. The highest BCUT2D eigenvalue weighted by Crippen LogP contribution is 1.91. The summed E-state index contributed by atoms with van der Waals surface area (Å²) >= 11 is 0. The van der Waals surface area contributed by atoms with Crippen LogP contribution in [0.1, 0.15) is 19.3 Å². The van der Waals surface area contributed by atoms with E-state index in [9.17, 15) is 4.79 Å². The van der Waals surface area contributed by atoms with Gasteiger partial charge in [0.15, 0.2) is 0 Å². The molecular formula is C9H21N3O3. The van der Waals surface area contributed by atoms with Gasteiger partial charge in [-0.15, -0.1) is 0 Å². The number of aliphatic hydroxyl groups excluding tert-OH is 1. The fraction of sp³-hybridized carbons (Fsp3) is 0.889. The topological polar surface area (TPSA) is 111 Å². The largest absolute Gasteiger partial charge is 0.396 e. The number of primary amides is 1. The molecule has 0 rings (SSSR count). The van der Waals surface area contributed by atoms with Gasteiger partial charge in [0.2, 0.25) is 5.91 Å². The Morgan fingerprint density at radius 2 is 2.20 bits per heavy atom. The first-order chi connectivity index (χ1) is 7.18. The van der Waals surface area contributed by atoms with E-state index in [1.807, 2.05) is 0 Å². The normalized spacial score (nSPS) is 12.7. The van der Waals surface area contributed by atoms with Crippen molar-refractivity contribution < 1.29 is 14.6 Å². The predicted molar refractivity (Wildman–Crippen MR) is 56.9 cm³/mol. The Kier molecular flexibility index (Phi) is 9.40. The summed E-state index contributed by atoms with van der Waals surface area (Å²) in [5, 5.41) is 11.5. The molecular weight excluding hydrogens is 198 g/mol. The van der Waals surface area contributed by atoms with E-state index in [2.05, 4.69) is 5.32 Å². The van der Waals surface area contributed by atoms with E-state index in [1.165, 1.54) is 0 Å². The number of carbonyl (C=O) groups excluding carboxylic acids is 1. The van der Waals surface area contributed by atoms with Crippen LogP contribution in [0.15, 0.2) is 0 Å². The maximum absolute atomic E-state index is 10.6. The summed E-state index contributed by atoms with van der Waals surface area (Å²) < 4.78 is 5.13. The van der Waals surface area contributed by atoms with Gasteiger partial charge in [-0.05, 0) is 25.8 Å². The Morgan fingerprint density at radius 3 is 2.80 bits per heavy atom. The van der Waals surface area contributed by atoms with Crippen LogP contribution >= 0.6 is 0 Å². The van der Waals surface area contributed by atoms with Crippen molar-refractivity contribution in [3.05, 3.63) is 0 Å². The molecule has 0 saturated carbocycles. The zero-order valence-electron chi connectivity index (χ0n) is 8.95. The van der Waals surface area contributed by atoms with E-state index >= 15 is 0 Å². The van der Waals surface area contributed by atoms with Crippen molar-refractivity contribution in [1.82, 2.24) is 5.32 Å². The van der Waals surface area contributed by atoms with E-state index in [1.54, 1.807) is 0 Å². The van der Waals surface area contributed by atoms with Gasteiger partial charge in [0.05, 0.1) is 19.4 Å². The van der Waals surface area contributed by atoms with Crippen LogP contribution in [0.3, 0.4) is 0 Å². The van der Waals surface area contributed by atoms with Crippen molar-refractivity contribution in [3.8, 4) is 0 Å². The van der Waals surface area contributed by atoms with Crippen LogP contribution in [0.2, 0.25) is 0 Å². The van der Waals surface area contributed by atoms with Crippen LogP contribution in [-0.2, 0) is 9.53 Å². The molecule has 0 radical (unpaired) electrons. The number of nitrogens with two attached hydrogens (primary N) is 2. The van der Waals surface area contributed by atoms with Crippen molar-refractivity contribution in [1.29, 1.82) is 0 Å². The monoisotopic (exact) mass is 219 g/mol. The summed E-state index contributed by atoms with van der Waals surface area (Å²) in [6, 6.07) is -0.554. The summed E-state index contributed by atoms with van der Waals surface area (Å²) in [5.41, 5.74) is 10.4. The molecule has 90 valence electrons. The third-order valence-corrected chi connectivity index (χ3v) is 1.89. The summed E-state index contributed by atoms with van der Waals surface area (Å²) in [6.45, 7) is 1.88. The standard InChI is InChI=1S/C9H21N3O3/c10-8(9(11)14)3-1-4-12-7-15-6-2-5-13/h8,12-13H,1-7,10H2,(H2,11,14). The van der Waals surface area contributed by atoms with Crippen molar-refractivity contribution in [2.75, 3.05) is 26.5 Å². The second kappa shape index (κ2) is 9.85. The van der Waals surface area contributed by atoms with Crippen molar-refractivity contribution >= 4 is 5.91 Å². The van der Waals surface area contributed by atoms with Gasteiger partial charge in [0.25, 0.3) is 0 Å². The number of hydrogen-bond acceptors (Lipinski definition) is 5. The Balaban J connectivity index is 3.08. The van der Waals surface area contributed by atoms with E-state index in [-0.39, 0.29) is 6.61 Å².